The molecule has 0 heterocycles. The summed E-state index contributed by atoms with van der Waals surface area (Å²) < 4.78 is 0. The van der Waals surface area contributed by atoms with Crippen molar-refractivity contribution in [2.45, 2.75) is 33.2 Å². The van der Waals surface area contributed by atoms with E-state index in [0.717, 1.165) is 19.5 Å². The van der Waals surface area contributed by atoms with E-state index in [2.05, 4.69) is 62.3 Å². The average molecular weight is 220 g/mol. The molecule has 0 aliphatic rings. The zero-order valence-electron chi connectivity index (χ0n) is 11.0. The van der Waals surface area contributed by atoms with E-state index >= 15 is 0 Å². The largest absolute Gasteiger partial charge is 0.375 e. The summed E-state index contributed by atoms with van der Waals surface area (Å²) in [5, 5.41) is 3.50. The number of hydrogen-bond acceptors (Lipinski definition) is 2. The molecule has 1 aromatic rings. The van der Waals surface area contributed by atoms with Gasteiger partial charge in [-0.2, -0.15) is 0 Å². The van der Waals surface area contributed by atoms with Crippen molar-refractivity contribution in [1.29, 1.82) is 0 Å². The fourth-order valence-electron chi connectivity index (χ4n) is 1.89. The van der Waals surface area contributed by atoms with Gasteiger partial charge in [0.15, 0.2) is 0 Å². The van der Waals surface area contributed by atoms with Crippen molar-refractivity contribution in [2.75, 3.05) is 25.0 Å². The minimum Gasteiger partial charge on any atom is -0.375 e. The van der Waals surface area contributed by atoms with Crippen molar-refractivity contribution < 1.29 is 0 Å². The van der Waals surface area contributed by atoms with E-state index in [9.17, 15) is 0 Å². The number of benzene rings is 1. The summed E-state index contributed by atoms with van der Waals surface area (Å²) >= 11 is 0. The molecule has 0 aromatic heterocycles. The second-order valence-corrected chi connectivity index (χ2v) is 4.12. The smallest absolute Gasteiger partial charge is 0.0363 e. The highest BCUT2D eigenvalue weighted by Crippen LogP contribution is 2.20. The Labute approximate surface area is 99.7 Å². The fraction of sp³-hybridized carbons (Fsp3) is 0.571. The molecule has 0 bridgehead atoms. The van der Waals surface area contributed by atoms with Crippen molar-refractivity contribution in [2.24, 2.45) is 0 Å². The Bertz CT molecular complexity index is 292. The number of nitrogens with zero attached hydrogens (tertiary/aromatic N) is 1. The molecule has 0 saturated heterocycles. The predicted molar refractivity (Wildman–Crippen MR) is 72.1 cm³/mol. The van der Waals surface area contributed by atoms with Crippen LogP contribution in [-0.4, -0.2) is 20.1 Å². The van der Waals surface area contributed by atoms with Crippen molar-refractivity contribution in [3.8, 4) is 0 Å². The molecule has 1 unspecified atom stereocenters. The van der Waals surface area contributed by atoms with Gasteiger partial charge in [-0.1, -0.05) is 26.0 Å². The third-order valence-corrected chi connectivity index (χ3v) is 3.07. The SMILES string of the molecule is CCNC(CC)c1ccc(N(C)CC)cc1. The van der Waals surface area contributed by atoms with E-state index in [4.69, 9.17) is 0 Å². The highest BCUT2D eigenvalue weighted by Gasteiger charge is 2.07. The Morgan fingerprint density at radius 3 is 2.19 bits per heavy atom. The first kappa shape index (κ1) is 13.0. The Balaban J connectivity index is 2.76. The van der Waals surface area contributed by atoms with E-state index in [1.54, 1.807) is 0 Å². The van der Waals surface area contributed by atoms with Crippen LogP contribution in [0.3, 0.4) is 0 Å². The van der Waals surface area contributed by atoms with E-state index in [0.29, 0.717) is 6.04 Å². The molecule has 1 N–H and O–H groups in total. The van der Waals surface area contributed by atoms with Crippen LogP contribution in [-0.2, 0) is 0 Å². The molecule has 16 heavy (non-hydrogen) atoms. The highest BCUT2D eigenvalue weighted by molar-refractivity contribution is 5.47. The summed E-state index contributed by atoms with van der Waals surface area (Å²) in [6, 6.07) is 9.37. The summed E-state index contributed by atoms with van der Waals surface area (Å²) in [5.74, 6) is 0. The van der Waals surface area contributed by atoms with Crippen molar-refractivity contribution in [1.82, 2.24) is 5.32 Å². The third kappa shape index (κ3) is 3.24. The monoisotopic (exact) mass is 220 g/mol. The molecular formula is C14H24N2. The maximum Gasteiger partial charge on any atom is 0.0363 e. The Morgan fingerprint density at radius 1 is 1.12 bits per heavy atom. The molecule has 2 heteroatoms. The zero-order valence-corrected chi connectivity index (χ0v) is 11.0. The molecule has 0 aliphatic carbocycles. The van der Waals surface area contributed by atoms with Crippen LogP contribution in [0.4, 0.5) is 5.69 Å². The van der Waals surface area contributed by atoms with E-state index in [1.165, 1.54) is 11.3 Å². The zero-order chi connectivity index (χ0) is 12.0. The molecule has 1 atom stereocenters. The van der Waals surface area contributed by atoms with Gasteiger partial charge in [0.1, 0.15) is 0 Å². The van der Waals surface area contributed by atoms with Gasteiger partial charge in [-0.05, 0) is 37.6 Å². The second kappa shape index (κ2) is 6.54. The van der Waals surface area contributed by atoms with Crippen LogP contribution in [0.2, 0.25) is 0 Å². The fourth-order valence-corrected chi connectivity index (χ4v) is 1.89. The van der Waals surface area contributed by atoms with E-state index < -0.39 is 0 Å². The Kier molecular flexibility index (Phi) is 5.33. The first-order valence-electron chi connectivity index (χ1n) is 6.27. The molecule has 2 nitrogen and oxygen atoms in total. The molecular weight excluding hydrogens is 196 g/mol. The first-order chi connectivity index (χ1) is 7.72. The average Bonchev–Trinajstić information content (AvgIpc) is 2.35. The van der Waals surface area contributed by atoms with E-state index in [-0.39, 0.29) is 0 Å². The molecule has 0 spiro atoms. The minimum absolute atomic E-state index is 0.492. The van der Waals surface area contributed by atoms with Gasteiger partial charge in [0, 0.05) is 25.3 Å². The molecule has 0 radical (unpaired) electrons. The van der Waals surface area contributed by atoms with Gasteiger partial charge in [-0.15, -0.1) is 0 Å². The summed E-state index contributed by atoms with van der Waals surface area (Å²) in [6.45, 7) is 8.61. The Hall–Kier alpha value is -1.02. The maximum atomic E-state index is 3.50. The van der Waals surface area contributed by atoms with Gasteiger partial charge in [0.25, 0.3) is 0 Å². The number of rotatable bonds is 6. The number of nitrogens with one attached hydrogen (secondary N) is 1. The summed E-state index contributed by atoms with van der Waals surface area (Å²) in [6.07, 6.45) is 1.14. The topological polar surface area (TPSA) is 15.3 Å². The van der Waals surface area contributed by atoms with Gasteiger partial charge >= 0.3 is 0 Å². The van der Waals surface area contributed by atoms with Crippen LogP contribution in [0.25, 0.3) is 0 Å². The van der Waals surface area contributed by atoms with Crippen LogP contribution in [0, 0.1) is 0 Å². The molecule has 90 valence electrons. The van der Waals surface area contributed by atoms with Gasteiger partial charge in [0.05, 0.1) is 0 Å². The van der Waals surface area contributed by atoms with Gasteiger partial charge in [-0.3, -0.25) is 0 Å². The summed E-state index contributed by atoms with van der Waals surface area (Å²) in [7, 11) is 2.12. The lowest BCUT2D eigenvalue weighted by molar-refractivity contribution is 0.537. The van der Waals surface area contributed by atoms with E-state index in [1.807, 2.05) is 0 Å². The Morgan fingerprint density at radius 2 is 1.75 bits per heavy atom. The normalized spacial score (nSPS) is 12.5. The molecule has 0 amide bonds. The predicted octanol–water partition coefficient (Wildman–Crippen LogP) is 3.20. The molecule has 0 aliphatic heterocycles. The second-order valence-electron chi connectivity index (χ2n) is 4.12. The summed E-state index contributed by atoms with van der Waals surface area (Å²) in [5.41, 5.74) is 2.68. The lowest BCUT2D eigenvalue weighted by Crippen LogP contribution is -2.20. The summed E-state index contributed by atoms with van der Waals surface area (Å²) in [4.78, 5) is 2.25. The van der Waals surface area contributed by atoms with Crippen molar-refractivity contribution >= 4 is 5.69 Å². The van der Waals surface area contributed by atoms with Gasteiger partial charge in [0.2, 0.25) is 0 Å². The number of anilines is 1. The first-order valence-corrected chi connectivity index (χ1v) is 6.27. The van der Waals surface area contributed by atoms with Crippen LogP contribution >= 0.6 is 0 Å². The van der Waals surface area contributed by atoms with Crippen molar-refractivity contribution in [3.05, 3.63) is 29.8 Å². The lowest BCUT2D eigenvalue weighted by atomic mass is 10.0. The van der Waals surface area contributed by atoms with Gasteiger partial charge < -0.3 is 10.2 Å². The molecule has 1 aromatic carbocycles. The maximum absolute atomic E-state index is 3.50. The van der Waals surface area contributed by atoms with Crippen LogP contribution in [0.1, 0.15) is 38.8 Å². The van der Waals surface area contributed by atoms with Crippen LogP contribution in [0.5, 0.6) is 0 Å². The van der Waals surface area contributed by atoms with Crippen molar-refractivity contribution in [3.63, 3.8) is 0 Å². The molecule has 1 rings (SSSR count). The molecule has 0 fully saturated rings. The highest BCUT2D eigenvalue weighted by atomic mass is 15.1. The third-order valence-electron chi connectivity index (χ3n) is 3.07. The number of hydrogen-bond donors (Lipinski definition) is 1. The van der Waals surface area contributed by atoms with Gasteiger partial charge in [-0.25, -0.2) is 0 Å². The minimum atomic E-state index is 0.492. The standard InChI is InChI=1S/C14H24N2/c1-5-14(15-6-2)12-8-10-13(11-9-12)16(4)7-3/h8-11,14-15H,5-7H2,1-4H3. The molecule has 0 saturated carbocycles. The lowest BCUT2D eigenvalue weighted by Gasteiger charge is -2.20. The quantitative estimate of drug-likeness (QED) is 0.792. The van der Waals surface area contributed by atoms with Crippen LogP contribution < -0.4 is 10.2 Å². The van der Waals surface area contributed by atoms with Crippen LogP contribution in [0.15, 0.2) is 24.3 Å².